The van der Waals surface area contributed by atoms with Crippen molar-refractivity contribution >= 4 is 10.8 Å². The molecule has 1 heterocycles. The van der Waals surface area contributed by atoms with Gasteiger partial charge in [-0.15, -0.1) is 0 Å². The Kier molecular flexibility index (Phi) is 4.23. The number of phenols is 2. The molecule has 0 saturated carbocycles. The maximum absolute atomic E-state index is 9.63. The van der Waals surface area contributed by atoms with Gasteiger partial charge in [-0.3, -0.25) is 4.90 Å². The van der Waals surface area contributed by atoms with Crippen LogP contribution in [0.2, 0.25) is 0 Å². The summed E-state index contributed by atoms with van der Waals surface area (Å²) in [6.45, 7) is 7.20. The van der Waals surface area contributed by atoms with Crippen molar-refractivity contribution in [2.45, 2.75) is 32.5 Å². The Bertz CT molecular complexity index is 661. The van der Waals surface area contributed by atoms with Crippen LogP contribution < -0.4 is 0 Å². The first kappa shape index (κ1) is 15.1. The van der Waals surface area contributed by atoms with Gasteiger partial charge in [0.15, 0.2) is 11.5 Å². The van der Waals surface area contributed by atoms with Gasteiger partial charge in [-0.1, -0.05) is 18.2 Å². The molecule has 1 saturated heterocycles. The molecule has 2 atom stereocenters. The summed E-state index contributed by atoms with van der Waals surface area (Å²) in [6.07, 6.45) is 1.55. The Balaban J connectivity index is 1.70. The molecule has 2 unspecified atom stereocenters. The van der Waals surface area contributed by atoms with Crippen molar-refractivity contribution in [2.24, 2.45) is 0 Å². The van der Waals surface area contributed by atoms with Crippen molar-refractivity contribution in [3.63, 3.8) is 0 Å². The van der Waals surface area contributed by atoms with E-state index in [1.54, 1.807) is 12.1 Å². The number of aromatic hydroxyl groups is 2. The third-order valence-electron chi connectivity index (χ3n) is 4.21. The molecule has 22 heavy (non-hydrogen) atoms. The number of rotatable bonds is 3. The Morgan fingerprint density at radius 2 is 1.64 bits per heavy atom. The summed E-state index contributed by atoms with van der Waals surface area (Å²) in [5, 5.41) is 21.1. The number of nitrogens with zero attached hydrogens (tertiary/aromatic N) is 1. The Hall–Kier alpha value is -1.78. The normalized spacial score (nSPS) is 23.0. The topological polar surface area (TPSA) is 52.9 Å². The standard InChI is InChI=1S/C18H23NO3/c1-12-10-19(11-13(2)22-12)6-5-14-3-4-15-8-17(20)18(21)9-16(15)7-14/h3-4,7-9,12-13,20-21H,5-6,10-11H2,1-2H3. The van der Waals surface area contributed by atoms with Gasteiger partial charge in [0.1, 0.15) is 0 Å². The first-order valence-electron chi connectivity index (χ1n) is 7.83. The van der Waals surface area contributed by atoms with Gasteiger partial charge in [0.05, 0.1) is 12.2 Å². The summed E-state index contributed by atoms with van der Waals surface area (Å²) >= 11 is 0. The molecule has 4 nitrogen and oxygen atoms in total. The van der Waals surface area contributed by atoms with Crippen molar-refractivity contribution in [2.75, 3.05) is 19.6 Å². The number of hydrogen-bond acceptors (Lipinski definition) is 4. The van der Waals surface area contributed by atoms with Crippen LogP contribution >= 0.6 is 0 Å². The maximum Gasteiger partial charge on any atom is 0.158 e. The van der Waals surface area contributed by atoms with Crippen LogP contribution in [0.5, 0.6) is 11.5 Å². The molecule has 4 heteroatoms. The lowest BCUT2D eigenvalue weighted by molar-refractivity contribution is -0.0675. The lowest BCUT2D eigenvalue weighted by Crippen LogP contribution is -2.46. The number of morpholine rings is 1. The van der Waals surface area contributed by atoms with Crippen LogP contribution in [0.3, 0.4) is 0 Å². The Morgan fingerprint density at radius 3 is 2.32 bits per heavy atom. The van der Waals surface area contributed by atoms with E-state index in [1.807, 2.05) is 6.07 Å². The molecule has 0 aromatic heterocycles. The average molecular weight is 301 g/mol. The van der Waals surface area contributed by atoms with E-state index in [0.717, 1.165) is 36.8 Å². The highest BCUT2D eigenvalue weighted by molar-refractivity contribution is 5.86. The van der Waals surface area contributed by atoms with Gasteiger partial charge in [0, 0.05) is 19.6 Å². The number of fused-ring (bicyclic) bond motifs is 1. The van der Waals surface area contributed by atoms with Gasteiger partial charge in [-0.25, -0.2) is 0 Å². The fraction of sp³-hybridized carbons (Fsp3) is 0.444. The van der Waals surface area contributed by atoms with Crippen molar-refractivity contribution in [3.05, 3.63) is 35.9 Å². The quantitative estimate of drug-likeness (QED) is 0.856. The van der Waals surface area contributed by atoms with E-state index < -0.39 is 0 Å². The zero-order valence-corrected chi connectivity index (χ0v) is 13.1. The fourth-order valence-corrected chi connectivity index (χ4v) is 3.23. The van der Waals surface area contributed by atoms with Gasteiger partial charge in [0.2, 0.25) is 0 Å². The third kappa shape index (κ3) is 3.34. The van der Waals surface area contributed by atoms with Crippen LogP contribution in [-0.2, 0) is 11.2 Å². The van der Waals surface area contributed by atoms with E-state index >= 15 is 0 Å². The first-order valence-corrected chi connectivity index (χ1v) is 7.83. The summed E-state index contributed by atoms with van der Waals surface area (Å²) in [5.74, 6) is -0.142. The van der Waals surface area contributed by atoms with Crippen molar-refractivity contribution in [1.29, 1.82) is 0 Å². The van der Waals surface area contributed by atoms with Crippen LogP contribution in [-0.4, -0.2) is 47.0 Å². The Labute approximate surface area is 130 Å². The molecule has 0 radical (unpaired) electrons. The number of hydrogen-bond donors (Lipinski definition) is 2. The molecule has 1 fully saturated rings. The van der Waals surface area contributed by atoms with Crippen molar-refractivity contribution in [1.82, 2.24) is 4.90 Å². The van der Waals surface area contributed by atoms with Gasteiger partial charge in [-0.05, 0) is 48.7 Å². The largest absolute Gasteiger partial charge is 0.504 e. The molecule has 1 aliphatic heterocycles. The number of phenolic OH excluding ortho intramolecular Hbond substituents is 2. The van der Waals surface area contributed by atoms with Crippen molar-refractivity contribution in [3.8, 4) is 11.5 Å². The molecule has 0 bridgehead atoms. The zero-order chi connectivity index (χ0) is 15.7. The van der Waals surface area contributed by atoms with E-state index in [9.17, 15) is 10.2 Å². The molecule has 2 aromatic rings. The van der Waals surface area contributed by atoms with Crippen LogP contribution in [0.1, 0.15) is 19.4 Å². The summed E-state index contributed by atoms with van der Waals surface area (Å²) in [6, 6.07) is 9.38. The Morgan fingerprint density at radius 1 is 1.00 bits per heavy atom. The minimum Gasteiger partial charge on any atom is -0.504 e. The zero-order valence-electron chi connectivity index (χ0n) is 13.1. The second-order valence-corrected chi connectivity index (χ2v) is 6.29. The van der Waals surface area contributed by atoms with Crippen LogP contribution in [0.4, 0.5) is 0 Å². The first-order chi connectivity index (χ1) is 10.5. The predicted octanol–water partition coefficient (Wildman–Crippen LogP) is 2.90. The highest BCUT2D eigenvalue weighted by Gasteiger charge is 2.21. The van der Waals surface area contributed by atoms with Gasteiger partial charge in [-0.2, -0.15) is 0 Å². The van der Waals surface area contributed by atoms with Gasteiger partial charge in [0.25, 0.3) is 0 Å². The number of ether oxygens (including phenoxy) is 1. The van der Waals surface area contributed by atoms with Gasteiger partial charge >= 0.3 is 0 Å². The lowest BCUT2D eigenvalue weighted by atomic mass is 10.0. The van der Waals surface area contributed by atoms with Gasteiger partial charge < -0.3 is 14.9 Å². The predicted molar refractivity (Wildman–Crippen MR) is 87.4 cm³/mol. The maximum atomic E-state index is 9.63. The molecule has 118 valence electrons. The molecule has 3 rings (SSSR count). The molecule has 2 N–H and O–H groups in total. The lowest BCUT2D eigenvalue weighted by Gasteiger charge is -2.35. The van der Waals surface area contributed by atoms with Crippen molar-refractivity contribution < 1.29 is 14.9 Å². The highest BCUT2D eigenvalue weighted by Crippen LogP contribution is 2.30. The summed E-state index contributed by atoms with van der Waals surface area (Å²) in [7, 11) is 0. The minimum atomic E-state index is -0.0726. The molecular weight excluding hydrogens is 278 g/mol. The molecule has 2 aromatic carbocycles. The smallest absolute Gasteiger partial charge is 0.158 e. The molecule has 1 aliphatic rings. The SMILES string of the molecule is CC1CN(CCc2ccc3cc(O)c(O)cc3c2)CC(C)O1. The molecule has 0 aliphatic carbocycles. The number of benzene rings is 2. The van der Waals surface area contributed by atoms with E-state index in [4.69, 9.17) is 4.74 Å². The fourth-order valence-electron chi connectivity index (χ4n) is 3.23. The van der Waals surface area contributed by atoms with E-state index in [1.165, 1.54) is 5.56 Å². The highest BCUT2D eigenvalue weighted by atomic mass is 16.5. The van der Waals surface area contributed by atoms with Crippen LogP contribution in [0, 0.1) is 0 Å². The van der Waals surface area contributed by atoms with E-state index in [0.29, 0.717) is 12.2 Å². The van der Waals surface area contributed by atoms with Crippen LogP contribution in [0.15, 0.2) is 30.3 Å². The summed E-state index contributed by atoms with van der Waals surface area (Å²) in [5.41, 5.74) is 1.24. The molecule has 0 spiro atoms. The summed E-state index contributed by atoms with van der Waals surface area (Å²) in [4.78, 5) is 2.44. The second kappa shape index (κ2) is 6.15. The minimum absolute atomic E-state index is 0.0690. The van der Waals surface area contributed by atoms with E-state index in [2.05, 4.69) is 30.9 Å². The summed E-state index contributed by atoms with van der Waals surface area (Å²) < 4.78 is 5.76. The second-order valence-electron chi connectivity index (χ2n) is 6.29. The van der Waals surface area contributed by atoms with E-state index in [-0.39, 0.29) is 11.5 Å². The third-order valence-corrected chi connectivity index (χ3v) is 4.21. The average Bonchev–Trinajstić information content (AvgIpc) is 2.45. The molecule has 0 amide bonds. The van der Waals surface area contributed by atoms with Crippen LogP contribution in [0.25, 0.3) is 10.8 Å². The monoisotopic (exact) mass is 301 g/mol. The molecular formula is C18H23NO3.